The summed E-state index contributed by atoms with van der Waals surface area (Å²) in [4.78, 5) is 2.39. The summed E-state index contributed by atoms with van der Waals surface area (Å²) in [6.45, 7) is 5.24. The monoisotopic (exact) mass is 492 g/mol. The number of anilines is 1. The number of nitrogens with two attached hydrogens (primary N) is 1. The van der Waals surface area contributed by atoms with Gasteiger partial charge < -0.3 is 10.6 Å². The zero-order chi connectivity index (χ0) is 26.2. The Morgan fingerprint density at radius 3 is 2.11 bits per heavy atom. The molecule has 2 N–H and O–H groups in total. The smallest absolute Gasteiger partial charge is 0.0493 e. The maximum atomic E-state index is 5.66. The number of fused-ring (bicyclic) bond motifs is 1. The fourth-order valence-electron chi connectivity index (χ4n) is 4.81. The molecule has 1 aliphatic heterocycles. The molecule has 2 heteroatoms. The summed E-state index contributed by atoms with van der Waals surface area (Å²) in [7, 11) is 0. The second-order valence-electron chi connectivity index (χ2n) is 9.31. The van der Waals surface area contributed by atoms with Crippen molar-refractivity contribution in [3.63, 3.8) is 0 Å². The van der Waals surface area contributed by atoms with Gasteiger partial charge in [-0.05, 0) is 76.4 Å². The van der Waals surface area contributed by atoms with Crippen LogP contribution in [0.25, 0.3) is 22.3 Å². The van der Waals surface area contributed by atoms with Gasteiger partial charge in [-0.2, -0.15) is 0 Å². The number of hydrogen-bond acceptors (Lipinski definition) is 2. The Labute approximate surface area is 226 Å². The normalized spacial score (nSPS) is 14.0. The van der Waals surface area contributed by atoms with Crippen LogP contribution in [0.3, 0.4) is 0 Å². The quantitative estimate of drug-likeness (QED) is 0.262. The van der Waals surface area contributed by atoms with Gasteiger partial charge in [-0.15, -0.1) is 0 Å². The number of nitrogens with zero attached hydrogens (tertiary/aromatic N) is 1. The van der Waals surface area contributed by atoms with Crippen molar-refractivity contribution in [3.05, 3.63) is 175 Å². The van der Waals surface area contributed by atoms with Gasteiger partial charge >= 0.3 is 0 Å². The van der Waals surface area contributed by atoms with Gasteiger partial charge in [0.1, 0.15) is 0 Å². The van der Waals surface area contributed by atoms with Crippen LogP contribution in [0.1, 0.15) is 16.7 Å². The van der Waals surface area contributed by atoms with E-state index in [2.05, 4.69) is 139 Å². The highest BCUT2D eigenvalue weighted by molar-refractivity contribution is 5.94. The highest BCUT2D eigenvalue weighted by Crippen LogP contribution is 2.39. The molecule has 5 rings (SSSR count). The number of rotatable bonds is 7. The first-order valence-corrected chi connectivity index (χ1v) is 12.9. The first-order valence-electron chi connectivity index (χ1n) is 12.9. The van der Waals surface area contributed by atoms with E-state index in [0.29, 0.717) is 0 Å². The molecule has 186 valence electrons. The van der Waals surface area contributed by atoms with Gasteiger partial charge in [-0.3, -0.25) is 0 Å². The molecular weight excluding hydrogens is 460 g/mol. The van der Waals surface area contributed by atoms with E-state index in [1.54, 1.807) is 6.20 Å². The predicted molar refractivity (Wildman–Crippen MR) is 163 cm³/mol. The highest BCUT2D eigenvalue weighted by Gasteiger charge is 2.22. The largest absolute Gasteiger partial charge is 0.405 e. The number of allylic oxidation sites excluding steroid dienone is 6. The summed E-state index contributed by atoms with van der Waals surface area (Å²) in [5.41, 5.74) is 16.1. The fourth-order valence-corrected chi connectivity index (χ4v) is 4.81. The molecule has 4 aromatic rings. The van der Waals surface area contributed by atoms with E-state index in [1.807, 2.05) is 12.2 Å². The van der Waals surface area contributed by atoms with Crippen molar-refractivity contribution in [3.8, 4) is 11.1 Å². The summed E-state index contributed by atoms with van der Waals surface area (Å²) < 4.78 is 0. The summed E-state index contributed by atoms with van der Waals surface area (Å²) in [6, 6.07) is 38.3. The molecule has 1 heterocycles. The molecule has 0 fully saturated rings. The maximum absolute atomic E-state index is 5.66. The lowest BCUT2D eigenvalue weighted by atomic mass is 9.97. The molecule has 0 saturated heterocycles. The minimum Gasteiger partial charge on any atom is -0.405 e. The number of benzene rings is 4. The minimum atomic E-state index is 0.720. The summed E-state index contributed by atoms with van der Waals surface area (Å²) in [5.74, 6) is 0. The Kier molecular flexibility index (Phi) is 7.81. The molecule has 4 aromatic carbocycles. The molecule has 0 unspecified atom stereocenters. The van der Waals surface area contributed by atoms with Crippen molar-refractivity contribution >= 4 is 16.8 Å². The molecule has 0 aliphatic carbocycles. The average molecular weight is 493 g/mol. The molecule has 0 aromatic heterocycles. The molecular formula is C36H32N2. The van der Waals surface area contributed by atoms with Gasteiger partial charge in [0.2, 0.25) is 0 Å². The summed E-state index contributed by atoms with van der Waals surface area (Å²) in [5, 5.41) is 0. The lowest BCUT2D eigenvalue weighted by Gasteiger charge is -2.28. The third kappa shape index (κ3) is 5.77. The van der Waals surface area contributed by atoms with Crippen molar-refractivity contribution in [2.24, 2.45) is 5.73 Å². The van der Waals surface area contributed by atoms with Gasteiger partial charge in [-0.25, -0.2) is 0 Å². The molecule has 1 aliphatic rings. The number of hydrogen-bond donors (Lipinski definition) is 1. The van der Waals surface area contributed by atoms with Gasteiger partial charge in [0.15, 0.2) is 0 Å². The van der Waals surface area contributed by atoms with Crippen LogP contribution in [0.5, 0.6) is 0 Å². The van der Waals surface area contributed by atoms with E-state index in [-0.39, 0.29) is 0 Å². The van der Waals surface area contributed by atoms with Crippen molar-refractivity contribution < 1.29 is 0 Å². The summed E-state index contributed by atoms with van der Waals surface area (Å²) >= 11 is 0. The molecule has 0 atom stereocenters. The van der Waals surface area contributed by atoms with Crippen LogP contribution in [0, 0.1) is 0 Å². The van der Waals surface area contributed by atoms with Crippen LogP contribution in [0.2, 0.25) is 0 Å². The molecule has 0 spiro atoms. The van der Waals surface area contributed by atoms with Crippen LogP contribution >= 0.6 is 0 Å². The molecule has 2 nitrogen and oxygen atoms in total. The third-order valence-corrected chi connectivity index (χ3v) is 6.75. The van der Waals surface area contributed by atoms with Crippen LogP contribution in [-0.2, 0) is 6.42 Å². The second-order valence-corrected chi connectivity index (χ2v) is 9.31. The fraction of sp³-hybridized carbons (Fsp3) is 0.0556. The second kappa shape index (κ2) is 11.9. The molecule has 0 saturated carbocycles. The molecule has 38 heavy (non-hydrogen) atoms. The Balaban J connectivity index is 1.65. The lowest BCUT2D eigenvalue weighted by Crippen LogP contribution is -2.24. The van der Waals surface area contributed by atoms with Crippen LogP contribution in [-0.4, -0.2) is 6.54 Å². The van der Waals surface area contributed by atoms with Crippen molar-refractivity contribution in [1.29, 1.82) is 0 Å². The Bertz CT molecular complexity index is 1510. The van der Waals surface area contributed by atoms with Gasteiger partial charge in [0.25, 0.3) is 0 Å². The lowest BCUT2D eigenvalue weighted by molar-refractivity contribution is 1.04. The van der Waals surface area contributed by atoms with E-state index >= 15 is 0 Å². The first-order chi connectivity index (χ1) is 18.7. The van der Waals surface area contributed by atoms with E-state index in [1.165, 1.54) is 27.8 Å². The van der Waals surface area contributed by atoms with E-state index in [4.69, 9.17) is 5.73 Å². The van der Waals surface area contributed by atoms with Crippen LogP contribution in [0.15, 0.2) is 158 Å². The van der Waals surface area contributed by atoms with Gasteiger partial charge in [-0.1, -0.05) is 116 Å². The maximum Gasteiger partial charge on any atom is 0.0493 e. The van der Waals surface area contributed by atoms with Crippen molar-refractivity contribution in [2.75, 3.05) is 11.4 Å². The van der Waals surface area contributed by atoms with Crippen LogP contribution < -0.4 is 10.6 Å². The topological polar surface area (TPSA) is 29.3 Å². The van der Waals surface area contributed by atoms with E-state index < -0.39 is 0 Å². The Morgan fingerprint density at radius 1 is 0.763 bits per heavy atom. The minimum absolute atomic E-state index is 0.720. The average Bonchev–Trinajstić information content (AvgIpc) is 3.12. The standard InChI is InChI=1S/C36H32N2/c1-28-25-33(31-17-9-4-10-18-31)27-38(34(19-11-12-24-37)22-20-29-13-5-2-6-14-29)36-23-21-32(26-35(28)36)30-15-7-3-8-16-30/h2-19,21-26H,1,20,27,37H2/b19-11-,24-12-,34-22-. The van der Waals surface area contributed by atoms with Gasteiger partial charge in [0.05, 0.1) is 0 Å². The highest BCUT2D eigenvalue weighted by atomic mass is 15.1. The van der Waals surface area contributed by atoms with E-state index in [0.717, 1.165) is 35.5 Å². The van der Waals surface area contributed by atoms with E-state index in [9.17, 15) is 0 Å². The molecule has 0 radical (unpaired) electrons. The zero-order valence-corrected chi connectivity index (χ0v) is 21.5. The van der Waals surface area contributed by atoms with Gasteiger partial charge in [0, 0.05) is 23.5 Å². The summed E-state index contributed by atoms with van der Waals surface area (Å²) in [6.07, 6.45) is 12.9. The Morgan fingerprint density at radius 2 is 1.42 bits per heavy atom. The Hall–Kier alpha value is -4.82. The third-order valence-electron chi connectivity index (χ3n) is 6.75. The molecule has 0 bridgehead atoms. The first kappa shape index (κ1) is 24.9. The zero-order valence-electron chi connectivity index (χ0n) is 21.5. The van der Waals surface area contributed by atoms with Crippen molar-refractivity contribution in [2.45, 2.75) is 6.42 Å². The SMILES string of the molecule is C=C1C=C(c2ccccc2)CN(C(/C=C\C=C/N)=C\Cc2ccccc2)c2ccc(-c3ccccc3)cc21. The predicted octanol–water partition coefficient (Wildman–Crippen LogP) is 8.43. The molecule has 0 amide bonds. The van der Waals surface area contributed by atoms with Crippen LogP contribution in [0.4, 0.5) is 5.69 Å². The van der Waals surface area contributed by atoms with Crippen molar-refractivity contribution in [1.82, 2.24) is 0 Å².